The Morgan fingerprint density at radius 3 is 1.90 bits per heavy atom. The summed E-state index contributed by atoms with van der Waals surface area (Å²) < 4.78 is 39.9. The number of alkyl halides is 3. The third-order valence-electron chi connectivity index (χ3n) is 4.65. The van der Waals surface area contributed by atoms with E-state index in [1.165, 1.54) is 16.8 Å². The lowest BCUT2D eigenvalue weighted by atomic mass is 9.95. The summed E-state index contributed by atoms with van der Waals surface area (Å²) >= 11 is 6.67. The van der Waals surface area contributed by atoms with Gasteiger partial charge in [-0.2, -0.15) is 13.2 Å². The largest absolute Gasteiger partial charge is 0.379 e. The van der Waals surface area contributed by atoms with E-state index in [9.17, 15) is 13.2 Å². The molecule has 8 heteroatoms. The Balaban J connectivity index is 0.000000627. The summed E-state index contributed by atoms with van der Waals surface area (Å²) in [6.45, 7) is 12.8. The van der Waals surface area contributed by atoms with Gasteiger partial charge in [0.05, 0.1) is 26.4 Å². The maximum absolute atomic E-state index is 9.67. The lowest BCUT2D eigenvalue weighted by Crippen LogP contribution is -2.37. The van der Waals surface area contributed by atoms with Crippen LogP contribution in [0.25, 0.3) is 0 Å². The van der Waals surface area contributed by atoms with Gasteiger partial charge >= 0.3 is 6.68 Å². The molecule has 3 rings (SSSR count). The van der Waals surface area contributed by atoms with E-state index in [2.05, 4.69) is 35.8 Å². The molecule has 2 saturated heterocycles. The third kappa shape index (κ3) is 9.11. The second-order valence-corrected chi connectivity index (χ2v) is 7.30. The van der Waals surface area contributed by atoms with Crippen LogP contribution in [0.1, 0.15) is 44.7 Å². The van der Waals surface area contributed by atoms with E-state index < -0.39 is 6.68 Å². The number of rotatable bonds is 4. The fourth-order valence-corrected chi connectivity index (χ4v) is 3.89. The van der Waals surface area contributed by atoms with Crippen molar-refractivity contribution in [3.05, 3.63) is 28.3 Å². The highest BCUT2D eigenvalue weighted by atomic mass is 35.5. The molecule has 0 saturated carbocycles. The summed E-state index contributed by atoms with van der Waals surface area (Å²) in [4.78, 5) is 4.84. The minimum atomic E-state index is -3.67. The number of hydrogen-bond donors (Lipinski definition) is 0. The average molecular weight is 439 g/mol. The zero-order valence-electron chi connectivity index (χ0n) is 17.9. The number of ether oxygens (including phenoxy) is 2. The Labute approximate surface area is 177 Å². The molecular weight excluding hydrogens is 405 g/mol. The van der Waals surface area contributed by atoms with Crippen molar-refractivity contribution in [3.63, 3.8) is 0 Å². The summed E-state index contributed by atoms with van der Waals surface area (Å²) in [5.74, 6) is 0.428. The van der Waals surface area contributed by atoms with E-state index in [1.807, 2.05) is 13.8 Å². The summed E-state index contributed by atoms with van der Waals surface area (Å²) in [6, 6.07) is 4.47. The molecule has 0 bridgehead atoms. The zero-order chi connectivity index (χ0) is 21.8. The van der Waals surface area contributed by atoms with Gasteiger partial charge in [-0.15, -0.1) is 0 Å². The molecule has 0 atom stereocenters. The summed E-state index contributed by atoms with van der Waals surface area (Å²) in [7, 11) is 0. The van der Waals surface area contributed by atoms with Gasteiger partial charge in [-0.3, -0.25) is 4.90 Å². The maximum Gasteiger partial charge on any atom is 0.379 e. The normalized spacial score (nSPS) is 17.5. The second kappa shape index (κ2) is 14.1. The molecule has 2 fully saturated rings. The van der Waals surface area contributed by atoms with Crippen LogP contribution >= 0.6 is 11.6 Å². The minimum absolute atomic E-state index is 0.428. The lowest BCUT2D eigenvalue weighted by molar-refractivity contribution is 0.00819. The Bertz CT molecular complexity index is 577. The summed E-state index contributed by atoms with van der Waals surface area (Å²) in [6.07, 6.45) is 0. The van der Waals surface area contributed by atoms with Crippen molar-refractivity contribution in [3.8, 4) is 0 Å². The number of morpholine rings is 2. The molecule has 0 N–H and O–H groups in total. The first-order chi connectivity index (χ1) is 13.9. The smallest absolute Gasteiger partial charge is 0.379 e. The van der Waals surface area contributed by atoms with Gasteiger partial charge in [0.2, 0.25) is 0 Å². The fraction of sp³-hybridized carbons (Fsp3) is 0.714. The van der Waals surface area contributed by atoms with Crippen molar-refractivity contribution in [2.24, 2.45) is 0 Å². The highest BCUT2D eigenvalue weighted by molar-refractivity contribution is 6.31. The summed E-state index contributed by atoms with van der Waals surface area (Å²) in [5.41, 5.74) is 3.87. The Kier molecular flexibility index (Phi) is 12.6. The molecule has 2 heterocycles. The van der Waals surface area contributed by atoms with E-state index in [4.69, 9.17) is 21.1 Å². The van der Waals surface area contributed by atoms with E-state index in [0.717, 1.165) is 64.2 Å². The number of benzene rings is 1. The van der Waals surface area contributed by atoms with Crippen LogP contribution in [0.5, 0.6) is 0 Å². The van der Waals surface area contributed by atoms with Crippen molar-refractivity contribution < 1.29 is 22.6 Å². The Morgan fingerprint density at radius 1 is 0.931 bits per heavy atom. The van der Waals surface area contributed by atoms with Crippen molar-refractivity contribution >= 4 is 17.3 Å². The molecule has 0 aliphatic carbocycles. The molecule has 0 spiro atoms. The van der Waals surface area contributed by atoms with Crippen molar-refractivity contribution in [2.75, 3.05) is 57.5 Å². The standard InChI is InChI=1S/C18H27ClN2O2.C2H6.CHF3/c1-14(2)18-15(13-20-3-7-22-8-4-20)11-16(12-17(18)19)21-5-9-23-10-6-21;1-2;2-1(3)4/h11-12,14H,3-10,13H2,1-2H3;1-2H3;1H. The van der Waals surface area contributed by atoms with Gasteiger partial charge in [-0.25, -0.2) is 0 Å². The summed E-state index contributed by atoms with van der Waals surface area (Å²) in [5, 5.41) is 0.896. The second-order valence-electron chi connectivity index (χ2n) is 6.89. The maximum atomic E-state index is 9.67. The zero-order valence-corrected chi connectivity index (χ0v) is 18.7. The molecule has 168 valence electrons. The van der Waals surface area contributed by atoms with Crippen LogP contribution in [0.2, 0.25) is 5.02 Å². The Hall–Kier alpha value is -1.02. The van der Waals surface area contributed by atoms with Crippen molar-refractivity contribution in [1.29, 1.82) is 0 Å². The van der Waals surface area contributed by atoms with Gasteiger partial charge in [-0.1, -0.05) is 39.3 Å². The van der Waals surface area contributed by atoms with Crippen LogP contribution in [0.15, 0.2) is 12.1 Å². The topological polar surface area (TPSA) is 24.9 Å². The van der Waals surface area contributed by atoms with Crippen LogP contribution in [0.3, 0.4) is 0 Å². The molecular formula is C21H34ClF3N2O2. The van der Waals surface area contributed by atoms with Crippen LogP contribution in [-0.4, -0.2) is 64.2 Å². The lowest BCUT2D eigenvalue weighted by Gasteiger charge is -2.32. The highest BCUT2D eigenvalue weighted by Crippen LogP contribution is 2.34. The van der Waals surface area contributed by atoms with Gasteiger partial charge in [0.15, 0.2) is 0 Å². The SMILES string of the molecule is CC.CC(C)c1c(Cl)cc(N2CCOCC2)cc1CN1CCOCC1.FC(F)F. The number of anilines is 1. The molecule has 1 aromatic rings. The van der Waals surface area contributed by atoms with Crippen LogP contribution in [-0.2, 0) is 16.0 Å². The third-order valence-corrected chi connectivity index (χ3v) is 4.96. The number of hydrogen-bond acceptors (Lipinski definition) is 4. The van der Waals surface area contributed by atoms with E-state index in [1.54, 1.807) is 0 Å². The first-order valence-corrected chi connectivity index (χ1v) is 10.6. The van der Waals surface area contributed by atoms with Crippen LogP contribution in [0.4, 0.5) is 18.9 Å². The predicted octanol–water partition coefficient (Wildman–Crippen LogP) is 5.34. The van der Waals surface area contributed by atoms with E-state index in [-0.39, 0.29) is 0 Å². The molecule has 4 nitrogen and oxygen atoms in total. The molecule has 29 heavy (non-hydrogen) atoms. The predicted molar refractivity (Wildman–Crippen MR) is 113 cm³/mol. The van der Waals surface area contributed by atoms with Crippen LogP contribution in [0, 0.1) is 0 Å². The minimum Gasteiger partial charge on any atom is -0.379 e. The monoisotopic (exact) mass is 438 g/mol. The van der Waals surface area contributed by atoms with Gasteiger partial charge in [-0.05, 0) is 29.2 Å². The molecule has 2 aliphatic heterocycles. The molecule has 0 unspecified atom stereocenters. The fourth-order valence-electron chi connectivity index (χ4n) is 3.44. The molecule has 2 aliphatic rings. The van der Waals surface area contributed by atoms with Gasteiger partial charge in [0.25, 0.3) is 0 Å². The number of nitrogens with zero attached hydrogens (tertiary/aromatic N) is 2. The molecule has 1 aromatic carbocycles. The van der Waals surface area contributed by atoms with Gasteiger partial charge in [0.1, 0.15) is 0 Å². The number of halogens is 4. The highest BCUT2D eigenvalue weighted by Gasteiger charge is 2.20. The van der Waals surface area contributed by atoms with Crippen molar-refractivity contribution in [2.45, 2.75) is 46.8 Å². The average Bonchev–Trinajstić information content (AvgIpc) is 2.70. The molecule has 0 aromatic heterocycles. The van der Waals surface area contributed by atoms with Crippen molar-refractivity contribution in [1.82, 2.24) is 4.90 Å². The molecule has 0 amide bonds. The van der Waals surface area contributed by atoms with Gasteiger partial charge < -0.3 is 14.4 Å². The Morgan fingerprint density at radius 2 is 1.41 bits per heavy atom. The van der Waals surface area contributed by atoms with Crippen LogP contribution < -0.4 is 4.90 Å². The first kappa shape index (κ1) is 26.0. The molecule has 0 radical (unpaired) electrons. The van der Waals surface area contributed by atoms with E-state index >= 15 is 0 Å². The van der Waals surface area contributed by atoms with E-state index in [0.29, 0.717) is 5.92 Å². The quantitative estimate of drug-likeness (QED) is 0.633. The van der Waals surface area contributed by atoms with Gasteiger partial charge in [0, 0.05) is 43.4 Å². The first-order valence-electron chi connectivity index (χ1n) is 10.3.